The summed E-state index contributed by atoms with van der Waals surface area (Å²) in [6.45, 7) is 17.0. The summed E-state index contributed by atoms with van der Waals surface area (Å²) in [5, 5.41) is 8.76. The standard InChI is InChI=1S/C20H39FN4O2/c1-7-23(5)16-20(18(3)21,19(4)27-6)25-13-11-24(12-14-25)10-8-9-17(2)15-22-26/h7,17,19,22,26H,1,3,8-16H2,2,4-6H3/t17?,19?,20-/m1/s1. The number of hydroxylamine groups is 1. The Morgan fingerprint density at radius 1 is 1.37 bits per heavy atom. The molecule has 158 valence electrons. The largest absolute Gasteiger partial charge is 0.379 e. The van der Waals surface area contributed by atoms with Crippen molar-refractivity contribution in [1.82, 2.24) is 20.2 Å². The van der Waals surface area contributed by atoms with Gasteiger partial charge in [0, 0.05) is 53.4 Å². The Kier molecular flexibility index (Phi) is 10.5. The molecule has 0 bridgehead atoms. The maximum Gasteiger partial charge on any atom is 0.118 e. The van der Waals surface area contributed by atoms with Crippen LogP contribution in [0.4, 0.5) is 4.39 Å². The van der Waals surface area contributed by atoms with Crippen molar-refractivity contribution < 1.29 is 14.3 Å². The van der Waals surface area contributed by atoms with E-state index in [1.165, 1.54) is 0 Å². The van der Waals surface area contributed by atoms with E-state index in [9.17, 15) is 4.39 Å². The fourth-order valence-electron chi connectivity index (χ4n) is 3.90. The summed E-state index contributed by atoms with van der Waals surface area (Å²) in [5.41, 5.74) is 1.35. The third-order valence-electron chi connectivity index (χ3n) is 5.85. The van der Waals surface area contributed by atoms with E-state index >= 15 is 0 Å². The van der Waals surface area contributed by atoms with Crippen LogP contribution in [-0.4, -0.2) is 91.5 Å². The summed E-state index contributed by atoms with van der Waals surface area (Å²) in [7, 11) is 3.51. The lowest BCUT2D eigenvalue weighted by atomic mass is 9.88. The number of hydrogen-bond acceptors (Lipinski definition) is 6. The van der Waals surface area contributed by atoms with E-state index in [1.54, 1.807) is 13.3 Å². The first-order chi connectivity index (χ1) is 12.8. The second kappa shape index (κ2) is 11.8. The van der Waals surface area contributed by atoms with Gasteiger partial charge in [-0.2, -0.15) is 0 Å². The maximum absolute atomic E-state index is 14.8. The van der Waals surface area contributed by atoms with E-state index in [2.05, 4.69) is 35.4 Å². The predicted octanol–water partition coefficient (Wildman–Crippen LogP) is 2.33. The number of piperazine rings is 1. The highest BCUT2D eigenvalue weighted by Crippen LogP contribution is 2.32. The van der Waals surface area contributed by atoms with Crippen LogP contribution in [0.3, 0.4) is 0 Å². The second-order valence-corrected chi connectivity index (χ2v) is 7.74. The van der Waals surface area contributed by atoms with Gasteiger partial charge in [-0.05, 0) is 38.4 Å². The molecular formula is C20H39FN4O2. The van der Waals surface area contributed by atoms with Crippen LogP contribution in [0.25, 0.3) is 0 Å². The number of halogens is 1. The first-order valence-electron chi connectivity index (χ1n) is 9.86. The van der Waals surface area contributed by atoms with Crippen LogP contribution in [-0.2, 0) is 4.74 Å². The number of ether oxygens (including phenoxy) is 1. The van der Waals surface area contributed by atoms with Crippen molar-refractivity contribution in [2.45, 2.75) is 38.3 Å². The highest BCUT2D eigenvalue weighted by atomic mass is 19.1. The van der Waals surface area contributed by atoms with Gasteiger partial charge in [-0.15, -0.1) is 0 Å². The van der Waals surface area contributed by atoms with Gasteiger partial charge in [0.25, 0.3) is 0 Å². The van der Waals surface area contributed by atoms with E-state index in [0.29, 0.717) is 19.0 Å². The Balaban J connectivity index is 2.70. The SMILES string of the molecule is C=CN(C)C[C@@](C(=C)F)(C(C)OC)N1CCN(CCCC(C)CNO)CC1. The molecule has 1 saturated heterocycles. The van der Waals surface area contributed by atoms with Crippen LogP contribution < -0.4 is 5.48 Å². The molecular weight excluding hydrogens is 347 g/mol. The lowest BCUT2D eigenvalue weighted by molar-refractivity contribution is -0.0620. The van der Waals surface area contributed by atoms with Gasteiger partial charge in [-0.1, -0.05) is 20.1 Å². The molecule has 7 heteroatoms. The molecule has 2 N–H and O–H groups in total. The molecule has 6 nitrogen and oxygen atoms in total. The fourth-order valence-corrected chi connectivity index (χ4v) is 3.90. The van der Waals surface area contributed by atoms with Crippen molar-refractivity contribution in [2.24, 2.45) is 5.92 Å². The van der Waals surface area contributed by atoms with Gasteiger partial charge >= 0.3 is 0 Å². The van der Waals surface area contributed by atoms with Gasteiger partial charge < -0.3 is 19.7 Å². The van der Waals surface area contributed by atoms with Crippen molar-refractivity contribution in [1.29, 1.82) is 0 Å². The first kappa shape index (κ1) is 24.0. The normalized spacial score (nSPS) is 20.7. The van der Waals surface area contributed by atoms with Crippen LogP contribution in [0.15, 0.2) is 25.2 Å². The average Bonchev–Trinajstić information content (AvgIpc) is 2.65. The highest BCUT2D eigenvalue weighted by molar-refractivity contribution is 5.17. The van der Waals surface area contributed by atoms with Crippen molar-refractivity contribution in [2.75, 3.05) is 60.0 Å². The number of methoxy groups -OCH3 is 1. The Hall–Kier alpha value is -0.990. The van der Waals surface area contributed by atoms with Gasteiger partial charge in [0.2, 0.25) is 0 Å². The van der Waals surface area contributed by atoms with E-state index in [4.69, 9.17) is 9.94 Å². The van der Waals surface area contributed by atoms with Gasteiger partial charge in [-0.3, -0.25) is 4.90 Å². The lowest BCUT2D eigenvalue weighted by Gasteiger charge is -2.50. The Bertz CT molecular complexity index is 457. The highest BCUT2D eigenvalue weighted by Gasteiger charge is 2.47. The van der Waals surface area contributed by atoms with Gasteiger partial charge in [0.15, 0.2) is 0 Å². The van der Waals surface area contributed by atoms with Gasteiger partial charge in [-0.25, -0.2) is 9.87 Å². The van der Waals surface area contributed by atoms with E-state index in [-0.39, 0.29) is 11.9 Å². The maximum atomic E-state index is 14.8. The minimum Gasteiger partial charge on any atom is -0.379 e. The summed E-state index contributed by atoms with van der Waals surface area (Å²) in [4.78, 5) is 6.50. The van der Waals surface area contributed by atoms with Crippen LogP contribution in [0, 0.1) is 5.92 Å². The van der Waals surface area contributed by atoms with E-state index in [0.717, 1.165) is 45.6 Å². The number of hydrogen-bond donors (Lipinski definition) is 2. The Morgan fingerprint density at radius 2 is 2.00 bits per heavy atom. The molecule has 3 atom stereocenters. The zero-order valence-electron chi connectivity index (χ0n) is 17.6. The fraction of sp³-hybridized carbons (Fsp3) is 0.800. The third kappa shape index (κ3) is 6.54. The summed E-state index contributed by atoms with van der Waals surface area (Å²) in [5.74, 6) is 0.0973. The molecule has 0 spiro atoms. The lowest BCUT2D eigenvalue weighted by Crippen LogP contribution is -2.65. The molecule has 1 aliphatic rings. The van der Waals surface area contributed by atoms with Crippen LogP contribution in [0.5, 0.6) is 0 Å². The molecule has 0 aromatic carbocycles. The van der Waals surface area contributed by atoms with Gasteiger partial charge in [0.1, 0.15) is 11.4 Å². The minimum atomic E-state index is -0.884. The molecule has 0 aromatic rings. The first-order valence-corrected chi connectivity index (χ1v) is 9.86. The van der Waals surface area contributed by atoms with Crippen molar-refractivity contribution in [3.63, 3.8) is 0 Å². The molecule has 0 radical (unpaired) electrons. The summed E-state index contributed by atoms with van der Waals surface area (Å²) >= 11 is 0. The number of nitrogens with zero attached hydrogens (tertiary/aromatic N) is 3. The van der Waals surface area contributed by atoms with Crippen molar-refractivity contribution >= 4 is 0 Å². The Morgan fingerprint density at radius 3 is 2.48 bits per heavy atom. The van der Waals surface area contributed by atoms with Crippen LogP contribution >= 0.6 is 0 Å². The molecule has 0 aromatic heterocycles. The summed E-state index contributed by atoms with van der Waals surface area (Å²) in [6.07, 6.45) is 3.55. The van der Waals surface area contributed by atoms with Crippen LogP contribution in [0.2, 0.25) is 0 Å². The molecule has 2 unspecified atom stereocenters. The number of nitrogens with one attached hydrogen (secondary N) is 1. The molecule has 1 heterocycles. The third-order valence-corrected chi connectivity index (χ3v) is 5.85. The molecule has 0 aliphatic carbocycles. The summed E-state index contributed by atoms with van der Waals surface area (Å²) in [6, 6.07) is 0. The Labute approximate surface area is 164 Å². The molecule has 0 saturated carbocycles. The molecule has 27 heavy (non-hydrogen) atoms. The zero-order valence-corrected chi connectivity index (χ0v) is 17.6. The molecule has 1 fully saturated rings. The minimum absolute atomic E-state index is 0.323. The summed E-state index contributed by atoms with van der Waals surface area (Å²) < 4.78 is 20.4. The zero-order chi connectivity index (χ0) is 20.4. The van der Waals surface area contributed by atoms with E-state index < -0.39 is 5.54 Å². The monoisotopic (exact) mass is 386 g/mol. The predicted molar refractivity (Wildman–Crippen MR) is 108 cm³/mol. The van der Waals surface area contributed by atoms with Crippen molar-refractivity contribution in [3.05, 3.63) is 25.2 Å². The van der Waals surface area contributed by atoms with Crippen molar-refractivity contribution in [3.8, 4) is 0 Å². The van der Waals surface area contributed by atoms with Gasteiger partial charge in [0.05, 0.1) is 6.10 Å². The molecule has 1 aliphatic heterocycles. The van der Waals surface area contributed by atoms with Crippen LogP contribution in [0.1, 0.15) is 26.7 Å². The average molecular weight is 387 g/mol. The van der Waals surface area contributed by atoms with E-state index in [1.807, 2.05) is 18.9 Å². The quantitative estimate of drug-likeness (QED) is 0.474. The molecule has 0 amide bonds. The molecule has 1 rings (SSSR count). The number of rotatable bonds is 13. The smallest absolute Gasteiger partial charge is 0.118 e. The topological polar surface area (TPSA) is 51.2 Å². The second-order valence-electron chi connectivity index (χ2n) is 7.74. The number of likely N-dealkylation sites (N-methyl/N-ethyl adjacent to an activating group) is 1.